The maximum atomic E-state index is 10.5. The maximum Gasteiger partial charge on any atom is 0.234 e. The van der Waals surface area contributed by atoms with Gasteiger partial charge in [0, 0.05) is 6.54 Å². The normalized spacial score (nSPS) is 14.2. The van der Waals surface area contributed by atoms with Crippen molar-refractivity contribution < 1.29 is 8.39 Å². The van der Waals surface area contributed by atoms with E-state index in [4.69, 9.17) is 0 Å². The van der Waals surface area contributed by atoms with Gasteiger partial charge in [0.1, 0.15) is 0 Å². The highest BCUT2D eigenvalue weighted by atomic mass is 32.2. The van der Waals surface area contributed by atoms with Crippen LogP contribution in [0, 0.1) is 5.92 Å². The van der Waals surface area contributed by atoms with Gasteiger partial charge in [0.2, 0.25) is 11.3 Å². The molecule has 56 valence electrons. The van der Waals surface area contributed by atoms with E-state index in [2.05, 4.69) is 8.91 Å². The monoisotopic (exact) mass is 151 g/mol. The summed E-state index contributed by atoms with van der Waals surface area (Å²) in [6.07, 6.45) is 0. The fourth-order valence-electron chi connectivity index (χ4n) is 0.294. The summed E-state index contributed by atoms with van der Waals surface area (Å²) in [4.78, 5) is 0. The molecular formula is C5H13NO2S. The van der Waals surface area contributed by atoms with Crippen molar-refractivity contribution in [1.82, 2.24) is 4.72 Å². The summed E-state index contributed by atoms with van der Waals surface area (Å²) < 4.78 is 17.6. The predicted molar refractivity (Wildman–Crippen MR) is 38.0 cm³/mol. The van der Waals surface area contributed by atoms with E-state index < -0.39 is 11.3 Å². The lowest BCUT2D eigenvalue weighted by atomic mass is 10.2. The molecule has 0 amide bonds. The summed E-state index contributed by atoms with van der Waals surface area (Å²) in [6.45, 7) is 4.81. The van der Waals surface area contributed by atoms with Crippen molar-refractivity contribution in [2.75, 3.05) is 13.7 Å². The van der Waals surface area contributed by atoms with Crippen molar-refractivity contribution >= 4 is 11.3 Å². The van der Waals surface area contributed by atoms with Gasteiger partial charge in [-0.25, -0.2) is 8.93 Å². The van der Waals surface area contributed by atoms with Crippen LogP contribution in [0.4, 0.5) is 0 Å². The molecule has 0 aromatic rings. The van der Waals surface area contributed by atoms with Gasteiger partial charge in [-0.3, -0.25) is 4.18 Å². The molecule has 1 N–H and O–H groups in total. The Morgan fingerprint density at radius 1 is 1.67 bits per heavy atom. The molecule has 0 aromatic heterocycles. The zero-order valence-corrected chi connectivity index (χ0v) is 6.83. The minimum Gasteiger partial charge on any atom is -0.282 e. The van der Waals surface area contributed by atoms with Crippen molar-refractivity contribution in [3.05, 3.63) is 0 Å². The number of rotatable bonds is 4. The highest BCUT2D eigenvalue weighted by molar-refractivity contribution is 7.78. The zero-order chi connectivity index (χ0) is 7.28. The third-order valence-electron chi connectivity index (χ3n) is 0.761. The Bertz CT molecular complexity index is 95.0. The quantitative estimate of drug-likeness (QED) is 0.634. The molecule has 0 bridgehead atoms. The molecular weight excluding hydrogens is 138 g/mol. The molecule has 0 heterocycles. The second-order valence-electron chi connectivity index (χ2n) is 2.14. The number of hydrogen-bond acceptors (Lipinski definition) is 2. The lowest BCUT2D eigenvalue weighted by Gasteiger charge is -2.03. The highest BCUT2D eigenvalue weighted by Gasteiger charge is 1.96. The average molecular weight is 151 g/mol. The second-order valence-corrected chi connectivity index (χ2v) is 3.24. The van der Waals surface area contributed by atoms with Crippen molar-refractivity contribution in [3.63, 3.8) is 0 Å². The highest BCUT2D eigenvalue weighted by Crippen LogP contribution is 1.87. The Morgan fingerprint density at radius 3 is 2.56 bits per heavy atom. The molecule has 9 heavy (non-hydrogen) atoms. The zero-order valence-electron chi connectivity index (χ0n) is 6.01. The number of nitrogens with one attached hydrogen (secondary N) is 1. The van der Waals surface area contributed by atoms with Crippen LogP contribution in [0.25, 0.3) is 0 Å². The third kappa shape index (κ3) is 5.95. The van der Waals surface area contributed by atoms with Crippen LogP contribution >= 0.6 is 0 Å². The first-order valence-corrected chi connectivity index (χ1v) is 3.94. The van der Waals surface area contributed by atoms with E-state index in [0.29, 0.717) is 5.92 Å². The first kappa shape index (κ1) is 9.07. The third-order valence-corrected chi connectivity index (χ3v) is 1.47. The topological polar surface area (TPSA) is 38.3 Å². The summed E-state index contributed by atoms with van der Waals surface area (Å²) in [5, 5.41) is 0. The molecule has 0 aromatic carbocycles. The second kappa shape index (κ2) is 4.90. The van der Waals surface area contributed by atoms with Crippen LogP contribution in [-0.4, -0.2) is 17.9 Å². The van der Waals surface area contributed by atoms with E-state index in [1.54, 1.807) is 0 Å². The van der Waals surface area contributed by atoms with Crippen LogP contribution in [0.15, 0.2) is 0 Å². The Hall–Kier alpha value is 0.0700. The first-order valence-electron chi connectivity index (χ1n) is 2.86. The van der Waals surface area contributed by atoms with Gasteiger partial charge >= 0.3 is 0 Å². The van der Waals surface area contributed by atoms with Gasteiger partial charge in [-0.1, -0.05) is 13.8 Å². The van der Waals surface area contributed by atoms with Gasteiger partial charge in [0.15, 0.2) is 0 Å². The minimum atomic E-state index is -1.30. The van der Waals surface area contributed by atoms with Crippen molar-refractivity contribution in [2.45, 2.75) is 13.8 Å². The molecule has 0 saturated carbocycles. The summed E-state index contributed by atoms with van der Waals surface area (Å²) in [6, 6.07) is 0. The average Bonchev–Trinajstić information content (AvgIpc) is 1.83. The fourth-order valence-corrected chi connectivity index (χ4v) is 0.881. The minimum absolute atomic E-state index is 0.504. The Kier molecular flexibility index (Phi) is 4.94. The standard InChI is InChI=1S/C5H13NO2S/c1-5(2)4-6-9(7)8-3/h5-6H,4H2,1-3H3. The summed E-state index contributed by atoms with van der Waals surface area (Å²) >= 11 is -1.30. The summed E-state index contributed by atoms with van der Waals surface area (Å²) in [7, 11) is 1.41. The maximum absolute atomic E-state index is 10.5. The van der Waals surface area contributed by atoms with Crippen molar-refractivity contribution in [1.29, 1.82) is 0 Å². The molecule has 3 nitrogen and oxygen atoms in total. The Balaban J connectivity index is 3.17. The molecule has 0 fully saturated rings. The van der Waals surface area contributed by atoms with E-state index in [1.807, 2.05) is 13.8 Å². The largest absolute Gasteiger partial charge is 0.282 e. The van der Waals surface area contributed by atoms with Crippen LogP contribution in [0.2, 0.25) is 0 Å². The molecule has 0 radical (unpaired) electrons. The van der Waals surface area contributed by atoms with Gasteiger partial charge in [-0.2, -0.15) is 0 Å². The van der Waals surface area contributed by atoms with Crippen LogP contribution < -0.4 is 4.72 Å². The molecule has 0 saturated heterocycles. The van der Waals surface area contributed by atoms with E-state index in [0.717, 1.165) is 6.54 Å². The van der Waals surface area contributed by atoms with Crippen LogP contribution in [0.3, 0.4) is 0 Å². The Labute approximate surface area is 58.6 Å². The van der Waals surface area contributed by atoms with Crippen LogP contribution in [0.5, 0.6) is 0 Å². The first-order chi connectivity index (χ1) is 4.16. The lowest BCUT2D eigenvalue weighted by Crippen LogP contribution is -2.22. The number of hydrogen-bond donors (Lipinski definition) is 1. The van der Waals surface area contributed by atoms with Crippen molar-refractivity contribution in [3.8, 4) is 0 Å². The SMILES string of the molecule is COS(=O)NCC(C)C. The van der Waals surface area contributed by atoms with Gasteiger partial charge in [0.25, 0.3) is 0 Å². The van der Waals surface area contributed by atoms with E-state index in [-0.39, 0.29) is 0 Å². The van der Waals surface area contributed by atoms with Gasteiger partial charge in [0.05, 0.1) is 7.11 Å². The van der Waals surface area contributed by atoms with E-state index in [9.17, 15) is 4.21 Å². The molecule has 0 spiro atoms. The lowest BCUT2D eigenvalue weighted by molar-refractivity contribution is 0.432. The van der Waals surface area contributed by atoms with E-state index >= 15 is 0 Å². The van der Waals surface area contributed by atoms with E-state index in [1.165, 1.54) is 7.11 Å². The molecule has 0 aliphatic rings. The molecule has 0 rings (SSSR count). The van der Waals surface area contributed by atoms with Crippen LogP contribution in [0.1, 0.15) is 13.8 Å². The predicted octanol–water partition coefficient (Wildman–Crippen LogP) is 0.457. The molecule has 1 unspecified atom stereocenters. The van der Waals surface area contributed by atoms with Crippen LogP contribution in [-0.2, 0) is 15.4 Å². The summed E-state index contributed by atoms with van der Waals surface area (Å²) in [5.74, 6) is 0.504. The molecule has 4 heteroatoms. The van der Waals surface area contributed by atoms with Gasteiger partial charge in [-0.15, -0.1) is 0 Å². The van der Waals surface area contributed by atoms with Crippen molar-refractivity contribution in [2.24, 2.45) is 5.92 Å². The smallest absolute Gasteiger partial charge is 0.234 e. The fraction of sp³-hybridized carbons (Fsp3) is 1.00. The molecule has 0 aliphatic heterocycles. The molecule has 0 aliphatic carbocycles. The molecule has 1 atom stereocenters. The summed E-state index contributed by atoms with van der Waals surface area (Å²) in [5.41, 5.74) is 0. The Morgan fingerprint density at radius 2 is 2.22 bits per heavy atom. The van der Waals surface area contributed by atoms with Gasteiger partial charge in [-0.05, 0) is 5.92 Å². The van der Waals surface area contributed by atoms with Gasteiger partial charge < -0.3 is 0 Å².